The van der Waals surface area contributed by atoms with Crippen LogP contribution in [0.15, 0.2) is 60.7 Å². The molecule has 0 saturated carbocycles. The number of halogens is 2. The van der Waals surface area contributed by atoms with Crippen molar-refractivity contribution in [2.24, 2.45) is 0 Å². The molecule has 0 fully saturated rings. The highest BCUT2D eigenvalue weighted by atomic mass is 19.1. The zero-order valence-corrected chi connectivity index (χ0v) is 14.2. The molecule has 0 spiro atoms. The standard InChI is InChI=1S/C20H13F2N3O2/c1-27-20(26)18-10-16(12-2-6-14(21)7-3-12)23-19-11-17(24-25(18)19)13-4-8-15(22)9-5-13/h2-11H,1H3. The van der Waals surface area contributed by atoms with Crippen LogP contribution in [0.4, 0.5) is 8.78 Å². The smallest absolute Gasteiger partial charge is 0.356 e. The molecule has 7 heteroatoms. The van der Waals surface area contributed by atoms with E-state index in [0.717, 1.165) is 0 Å². The van der Waals surface area contributed by atoms with Crippen LogP contribution in [-0.2, 0) is 4.74 Å². The van der Waals surface area contributed by atoms with Crippen molar-refractivity contribution in [1.82, 2.24) is 14.6 Å². The second kappa shape index (κ2) is 6.60. The van der Waals surface area contributed by atoms with Gasteiger partial charge in [0.05, 0.1) is 18.5 Å². The second-order valence-corrected chi connectivity index (χ2v) is 5.83. The molecule has 4 aromatic rings. The first-order valence-electron chi connectivity index (χ1n) is 8.06. The van der Waals surface area contributed by atoms with Crippen molar-refractivity contribution in [2.75, 3.05) is 7.11 Å². The Hall–Kier alpha value is -3.61. The van der Waals surface area contributed by atoms with Crippen molar-refractivity contribution in [3.63, 3.8) is 0 Å². The van der Waals surface area contributed by atoms with E-state index in [9.17, 15) is 13.6 Å². The van der Waals surface area contributed by atoms with Gasteiger partial charge in [-0.05, 0) is 54.6 Å². The van der Waals surface area contributed by atoms with E-state index in [1.165, 1.54) is 42.0 Å². The monoisotopic (exact) mass is 365 g/mol. The summed E-state index contributed by atoms with van der Waals surface area (Å²) in [6, 6.07) is 14.9. The predicted octanol–water partition coefficient (Wildman–Crippen LogP) is 4.13. The highest BCUT2D eigenvalue weighted by molar-refractivity contribution is 5.90. The summed E-state index contributed by atoms with van der Waals surface area (Å²) in [6.07, 6.45) is 0. The molecule has 4 rings (SSSR count). The van der Waals surface area contributed by atoms with E-state index in [-0.39, 0.29) is 17.3 Å². The fraction of sp³-hybridized carbons (Fsp3) is 0.0500. The summed E-state index contributed by atoms with van der Waals surface area (Å²) in [4.78, 5) is 16.7. The largest absolute Gasteiger partial charge is 0.464 e. The van der Waals surface area contributed by atoms with Crippen molar-refractivity contribution >= 4 is 11.6 Å². The topological polar surface area (TPSA) is 56.5 Å². The summed E-state index contributed by atoms with van der Waals surface area (Å²) in [7, 11) is 1.27. The van der Waals surface area contributed by atoms with Gasteiger partial charge in [0.2, 0.25) is 0 Å². The van der Waals surface area contributed by atoms with Gasteiger partial charge in [-0.15, -0.1) is 0 Å². The van der Waals surface area contributed by atoms with E-state index in [1.807, 2.05) is 0 Å². The summed E-state index contributed by atoms with van der Waals surface area (Å²) < 4.78 is 32.6. The number of esters is 1. The van der Waals surface area contributed by atoms with Crippen LogP contribution >= 0.6 is 0 Å². The number of methoxy groups -OCH3 is 1. The number of hydrogen-bond acceptors (Lipinski definition) is 4. The van der Waals surface area contributed by atoms with Crippen molar-refractivity contribution < 1.29 is 18.3 Å². The van der Waals surface area contributed by atoms with E-state index in [4.69, 9.17) is 4.74 Å². The number of hydrogen-bond donors (Lipinski definition) is 0. The zero-order valence-electron chi connectivity index (χ0n) is 14.2. The van der Waals surface area contributed by atoms with Crippen molar-refractivity contribution in [3.8, 4) is 22.5 Å². The molecule has 2 aromatic heterocycles. The second-order valence-electron chi connectivity index (χ2n) is 5.83. The minimum absolute atomic E-state index is 0.176. The van der Waals surface area contributed by atoms with E-state index in [1.54, 1.807) is 30.3 Å². The third-order valence-electron chi connectivity index (χ3n) is 4.10. The van der Waals surface area contributed by atoms with Crippen molar-refractivity contribution in [2.45, 2.75) is 0 Å². The predicted molar refractivity (Wildman–Crippen MR) is 95.1 cm³/mol. The maximum Gasteiger partial charge on any atom is 0.356 e. The van der Waals surface area contributed by atoms with Crippen LogP contribution in [0.5, 0.6) is 0 Å². The molecule has 0 bridgehead atoms. The lowest BCUT2D eigenvalue weighted by molar-refractivity contribution is 0.0590. The summed E-state index contributed by atoms with van der Waals surface area (Å²) in [5.41, 5.74) is 2.93. The molecular weight excluding hydrogens is 352 g/mol. The number of nitrogens with zero attached hydrogens (tertiary/aromatic N) is 3. The van der Waals surface area contributed by atoms with Crippen molar-refractivity contribution in [3.05, 3.63) is 78.0 Å². The van der Waals surface area contributed by atoms with E-state index in [2.05, 4.69) is 10.1 Å². The Labute approximate surface area is 152 Å². The molecule has 0 aliphatic carbocycles. The molecule has 0 atom stereocenters. The number of fused-ring (bicyclic) bond motifs is 1. The Morgan fingerprint density at radius 2 is 1.44 bits per heavy atom. The maximum atomic E-state index is 13.2. The Bertz CT molecular complexity index is 1140. The quantitative estimate of drug-likeness (QED) is 0.512. The average Bonchev–Trinajstić information content (AvgIpc) is 3.12. The van der Waals surface area contributed by atoms with Gasteiger partial charge in [-0.25, -0.2) is 23.1 Å². The molecule has 0 aliphatic rings. The highest BCUT2D eigenvalue weighted by Crippen LogP contribution is 2.24. The first kappa shape index (κ1) is 16.8. The molecule has 0 unspecified atom stereocenters. The molecule has 0 amide bonds. The first-order chi connectivity index (χ1) is 13.0. The highest BCUT2D eigenvalue weighted by Gasteiger charge is 2.17. The van der Waals surface area contributed by atoms with Gasteiger partial charge >= 0.3 is 5.97 Å². The number of ether oxygens (including phenoxy) is 1. The Balaban J connectivity index is 1.91. The van der Waals surface area contributed by atoms with Crippen LogP contribution in [0.1, 0.15) is 10.5 Å². The molecule has 27 heavy (non-hydrogen) atoms. The van der Waals surface area contributed by atoms with Gasteiger partial charge in [-0.2, -0.15) is 5.10 Å². The Kier molecular flexibility index (Phi) is 4.12. The molecule has 134 valence electrons. The van der Waals surface area contributed by atoms with Crippen LogP contribution in [0, 0.1) is 11.6 Å². The van der Waals surface area contributed by atoms with Crippen molar-refractivity contribution in [1.29, 1.82) is 0 Å². The minimum Gasteiger partial charge on any atom is -0.464 e. The molecule has 0 N–H and O–H groups in total. The maximum absolute atomic E-state index is 13.2. The zero-order chi connectivity index (χ0) is 19.0. The number of carbonyl (C=O) groups excluding carboxylic acids is 1. The van der Waals surface area contributed by atoms with Gasteiger partial charge < -0.3 is 4.74 Å². The fourth-order valence-electron chi connectivity index (χ4n) is 2.75. The summed E-state index contributed by atoms with van der Waals surface area (Å²) in [6.45, 7) is 0. The normalized spacial score (nSPS) is 10.9. The number of benzene rings is 2. The lowest BCUT2D eigenvalue weighted by Gasteiger charge is -2.06. The molecule has 0 saturated heterocycles. The third kappa shape index (κ3) is 3.15. The van der Waals surface area contributed by atoms with E-state index < -0.39 is 5.97 Å². The average molecular weight is 365 g/mol. The number of rotatable bonds is 3. The SMILES string of the molecule is COC(=O)c1cc(-c2ccc(F)cc2)nc2cc(-c3ccc(F)cc3)nn12. The summed E-state index contributed by atoms with van der Waals surface area (Å²) in [5, 5.41) is 4.40. The summed E-state index contributed by atoms with van der Waals surface area (Å²) >= 11 is 0. The molecule has 0 aliphatic heterocycles. The molecular formula is C20H13F2N3O2. The van der Waals surface area contributed by atoms with Gasteiger partial charge in [0.25, 0.3) is 0 Å². The fourth-order valence-corrected chi connectivity index (χ4v) is 2.75. The third-order valence-corrected chi connectivity index (χ3v) is 4.10. The van der Waals surface area contributed by atoms with Gasteiger partial charge in [0, 0.05) is 17.2 Å². The van der Waals surface area contributed by atoms with Gasteiger partial charge in [-0.3, -0.25) is 0 Å². The lowest BCUT2D eigenvalue weighted by Crippen LogP contribution is -2.10. The molecule has 2 aromatic carbocycles. The molecule has 5 nitrogen and oxygen atoms in total. The van der Waals surface area contributed by atoms with Crippen LogP contribution in [0.3, 0.4) is 0 Å². The van der Waals surface area contributed by atoms with Crippen LogP contribution in [0.25, 0.3) is 28.2 Å². The van der Waals surface area contributed by atoms with Crippen LogP contribution in [-0.4, -0.2) is 27.7 Å². The molecule has 2 heterocycles. The van der Waals surface area contributed by atoms with Crippen LogP contribution < -0.4 is 0 Å². The number of aromatic nitrogens is 3. The van der Waals surface area contributed by atoms with Gasteiger partial charge in [-0.1, -0.05) is 0 Å². The van der Waals surface area contributed by atoms with Gasteiger partial charge in [0.1, 0.15) is 11.6 Å². The van der Waals surface area contributed by atoms with Crippen LogP contribution in [0.2, 0.25) is 0 Å². The summed E-state index contributed by atoms with van der Waals surface area (Å²) in [5.74, 6) is -1.30. The van der Waals surface area contributed by atoms with E-state index in [0.29, 0.717) is 28.2 Å². The van der Waals surface area contributed by atoms with E-state index >= 15 is 0 Å². The van der Waals surface area contributed by atoms with Gasteiger partial charge in [0.15, 0.2) is 11.3 Å². The number of carbonyl (C=O) groups is 1. The molecule has 0 radical (unpaired) electrons. The minimum atomic E-state index is -0.584. The Morgan fingerprint density at radius 1 is 0.889 bits per heavy atom. The first-order valence-corrected chi connectivity index (χ1v) is 8.06. The Morgan fingerprint density at radius 3 is 2.00 bits per heavy atom. The lowest BCUT2D eigenvalue weighted by atomic mass is 10.1.